The largest absolute Gasteiger partial charge is 0.473 e. The van der Waals surface area contributed by atoms with E-state index in [1.165, 1.54) is 0 Å². The van der Waals surface area contributed by atoms with Gasteiger partial charge in [0.2, 0.25) is 17.7 Å². The molecule has 7 heteroatoms. The molecule has 0 aliphatic carbocycles. The molecule has 0 radical (unpaired) electrons. The van der Waals surface area contributed by atoms with Crippen LogP contribution in [0.4, 0.5) is 5.95 Å². The van der Waals surface area contributed by atoms with Crippen LogP contribution in [0, 0.1) is 6.92 Å². The second-order valence-electron chi connectivity index (χ2n) is 6.63. The molecule has 0 aliphatic heterocycles. The molecule has 1 aromatic rings. The van der Waals surface area contributed by atoms with E-state index in [0.29, 0.717) is 24.9 Å². The van der Waals surface area contributed by atoms with E-state index in [9.17, 15) is 4.79 Å². The number of nitrogens with zero attached hydrogens (tertiary/aromatic N) is 5. The number of aryl methyl sites for hydroxylation is 1. The second kappa shape index (κ2) is 9.98. The summed E-state index contributed by atoms with van der Waals surface area (Å²) in [5.41, 5.74) is 0.854. The van der Waals surface area contributed by atoms with Gasteiger partial charge in [-0.05, 0) is 26.8 Å². The molecule has 1 atom stereocenters. The van der Waals surface area contributed by atoms with Crippen LogP contribution in [-0.4, -0.2) is 80.1 Å². The SMILES string of the molecule is C=CCC[C@@H](CN(C)CC(=O)N(C)C)Oc1cc(C)nc(N(C)C)n1. The zero-order valence-electron chi connectivity index (χ0n) is 16.3. The number of carbonyl (C=O) groups excluding carboxylic acids is 1. The first kappa shape index (κ1) is 20.9. The van der Waals surface area contributed by atoms with Crippen LogP contribution in [0.1, 0.15) is 18.5 Å². The first-order valence-electron chi connectivity index (χ1n) is 8.42. The highest BCUT2D eigenvalue weighted by Gasteiger charge is 2.17. The van der Waals surface area contributed by atoms with Gasteiger partial charge in [0, 0.05) is 46.5 Å². The molecule has 0 N–H and O–H groups in total. The Bertz CT molecular complexity index is 575. The van der Waals surface area contributed by atoms with Gasteiger partial charge in [0.25, 0.3) is 0 Å². The van der Waals surface area contributed by atoms with E-state index < -0.39 is 0 Å². The van der Waals surface area contributed by atoms with Crippen LogP contribution in [0.25, 0.3) is 0 Å². The van der Waals surface area contributed by atoms with Crippen molar-refractivity contribution >= 4 is 11.9 Å². The molecule has 25 heavy (non-hydrogen) atoms. The molecular formula is C18H31N5O2. The summed E-state index contributed by atoms with van der Waals surface area (Å²) in [5, 5.41) is 0. The lowest BCUT2D eigenvalue weighted by Crippen LogP contribution is -2.39. The molecule has 1 rings (SSSR count). The first-order chi connectivity index (χ1) is 11.7. The quantitative estimate of drug-likeness (QED) is 0.598. The van der Waals surface area contributed by atoms with Gasteiger partial charge in [-0.3, -0.25) is 9.69 Å². The Morgan fingerprint density at radius 3 is 2.52 bits per heavy atom. The molecule has 0 bridgehead atoms. The van der Waals surface area contributed by atoms with Crippen molar-refractivity contribution in [3.8, 4) is 5.88 Å². The molecule has 0 saturated carbocycles. The summed E-state index contributed by atoms with van der Waals surface area (Å²) in [5.74, 6) is 1.24. The number of aromatic nitrogens is 2. The molecule has 7 nitrogen and oxygen atoms in total. The van der Waals surface area contributed by atoms with E-state index in [1.54, 1.807) is 19.0 Å². The molecule has 1 amide bonds. The van der Waals surface area contributed by atoms with Crippen LogP contribution < -0.4 is 9.64 Å². The fourth-order valence-electron chi connectivity index (χ4n) is 2.23. The van der Waals surface area contributed by atoms with Crippen molar-refractivity contribution < 1.29 is 9.53 Å². The maximum Gasteiger partial charge on any atom is 0.236 e. The van der Waals surface area contributed by atoms with Gasteiger partial charge in [0.15, 0.2) is 0 Å². The number of hydrogen-bond acceptors (Lipinski definition) is 6. The Morgan fingerprint density at radius 1 is 1.28 bits per heavy atom. The summed E-state index contributed by atoms with van der Waals surface area (Å²) in [6.45, 7) is 6.68. The standard InChI is InChI=1S/C18H31N5O2/c1-8-9-10-15(12-23(7)13-17(24)21(3)4)25-16-11-14(2)19-18(20-16)22(5)6/h8,11,15H,1,9-10,12-13H2,2-7H3/t15-/m0/s1. The van der Waals surface area contributed by atoms with E-state index in [0.717, 1.165) is 18.5 Å². The summed E-state index contributed by atoms with van der Waals surface area (Å²) in [6.07, 6.45) is 3.44. The summed E-state index contributed by atoms with van der Waals surface area (Å²) in [7, 11) is 9.23. The maximum atomic E-state index is 11.9. The van der Waals surface area contributed by atoms with E-state index in [2.05, 4.69) is 16.5 Å². The van der Waals surface area contributed by atoms with E-state index in [-0.39, 0.29) is 12.0 Å². The minimum absolute atomic E-state index is 0.0674. The number of likely N-dealkylation sites (N-methyl/N-ethyl adjacent to an activating group) is 2. The van der Waals surface area contributed by atoms with Crippen molar-refractivity contribution in [1.82, 2.24) is 19.8 Å². The molecule has 0 unspecified atom stereocenters. The zero-order chi connectivity index (χ0) is 19.0. The van der Waals surface area contributed by atoms with Crippen molar-refractivity contribution in [2.45, 2.75) is 25.9 Å². The number of anilines is 1. The van der Waals surface area contributed by atoms with Gasteiger partial charge in [-0.25, -0.2) is 4.98 Å². The fourth-order valence-corrected chi connectivity index (χ4v) is 2.23. The summed E-state index contributed by atoms with van der Waals surface area (Å²) in [6, 6.07) is 1.83. The van der Waals surface area contributed by atoms with Gasteiger partial charge in [0.1, 0.15) is 6.10 Å². The molecule has 0 saturated heterocycles. The average Bonchev–Trinajstić information content (AvgIpc) is 2.51. The first-order valence-corrected chi connectivity index (χ1v) is 8.42. The number of amides is 1. The van der Waals surface area contributed by atoms with Crippen LogP contribution >= 0.6 is 0 Å². The Labute approximate surface area is 151 Å². The molecule has 140 valence electrons. The smallest absolute Gasteiger partial charge is 0.236 e. The van der Waals surface area contributed by atoms with Crippen LogP contribution in [0.3, 0.4) is 0 Å². The topological polar surface area (TPSA) is 61.8 Å². The normalized spacial score (nSPS) is 12.0. The van der Waals surface area contributed by atoms with Gasteiger partial charge < -0.3 is 14.5 Å². The molecule has 0 spiro atoms. The lowest BCUT2D eigenvalue weighted by atomic mass is 10.2. The Kier molecular flexibility index (Phi) is 8.34. The second-order valence-corrected chi connectivity index (χ2v) is 6.63. The molecular weight excluding hydrogens is 318 g/mol. The van der Waals surface area contributed by atoms with E-state index in [1.807, 2.05) is 50.0 Å². The zero-order valence-corrected chi connectivity index (χ0v) is 16.3. The third-order valence-electron chi connectivity index (χ3n) is 3.62. The maximum absolute atomic E-state index is 11.9. The van der Waals surface area contributed by atoms with Gasteiger partial charge >= 0.3 is 0 Å². The monoisotopic (exact) mass is 349 g/mol. The highest BCUT2D eigenvalue weighted by Crippen LogP contribution is 2.17. The van der Waals surface area contributed by atoms with Gasteiger partial charge in [-0.1, -0.05) is 6.08 Å². The Balaban J connectivity index is 2.81. The minimum atomic E-state index is -0.0812. The van der Waals surface area contributed by atoms with Crippen molar-refractivity contribution in [2.24, 2.45) is 0 Å². The predicted octanol–water partition coefficient (Wildman–Crippen LogP) is 1.58. The number of hydrogen-bond donors (Lipinski definition) is 0. The number of allylic oxidation sites excluding steroid dienone is 1. The van der Waals surface area contributed by atoms with Gasteiger partial charge in [-0.15, -0.1) is 6.58 Å². The third-order valence-corrected chi connectivity index (χ3v) is 3.62. The number of ether oxygens (including phenoxy) is 1. The Morgan fingerprint density at radius 2 is 1.96 bits per heavy atom. The van der Waals surface area contributed by atoms with Crippen LogP contribution in [0.15, 0.2) is 18.7 Å². The summed E-state index contributed by atoms with van der Waals surface area (Å²) >= 11 is 0. The van der Waals surface area contributed by atoms with E-state index in [4.69, 9.17) is 4.74 Å². The fraction of sp³-hybridized carbons (Fsp3) is 0.611. The van der Waals surface area contributed by atoms with Crippen molar-refractivity contribution in [1.29, 1.82) is 0 Å². The highest BCUT2D eigenvalue weighted by atomic mass is 16.5. The predicted molar refractivity (Wildman–Crippen MR) is 101 cm³/mol. The molecule has 0 aromatic carbocycles. The lowest BCUT2D eigenvalue weighted by Gasteiger charge is -2.25. The van der Waals surface area contributed by atoms with Crippen molar-refractivity contribution in [3.05, 3.63) is 24.4 Å². The van der Waals surface area contributed by atoms with E-state index >= 15 is 0 Å². The number of carbonyl (C=O) groups is 1. The third kappa shape index (κ3) is 7.51. The summed E-state index contributed by atoms with van der Waals surface area (Å²) < 4.78 is 6.11. The molecule has 0 fully saturated rings. The average molecular weight is 349 g/mol. The van der Waals surface area contributed by atoms with Gasteiger partial charge in [0.05, 0.1) is 6.54 Å². The summed E-state index contributed by atoms with van der Waals surface area (Å²) in [4.78, 5) is 26.1. The van der Waals surface area contributed by atoms with Crippen molar-refractivity contribution in [2.75, 3.05) is 53.2 Å². The lowest BCUT2D eigenvalue weighted by molar-refractivity contribution is -0.129. The molecule has 0 aliphatic rings. The highest BCUT2D eigenvalue weighted by molar-refractivity contribution is 5.77. The van der Waals surface area contributed by atoms with Crippen LogP contribution in [0.5, 0.6) is 5.88 Å². The van der Waals surface area contributed by atoms with Crippen LogP contribution in [-0.2, 0) is 4.79 Å². The van der Waals surface area contributed by atoms with Crippen LogP contribution in [0.2, 0.25) is 0 Å². The van der Waals surface area contributed by atoms with Gasteiger partial charge in [-0.2, -0.15) is 4.98 Å². The minimum Gasteiger partial charge on any atom is -0.473 e. The molecule has 1 aromatic heterocycles. The number of rotatable bonds is 10. The molecule has 1 heterocycles. The Hall–Kier alpha value is -2.15. The van der Waals surface area contributed by atoms with Crippen molar-refractivity contribution in [3.63, 3.8) is 0 Å².